The Bertz CT molecular complexity index is 598. The van der Waals surface area contributed by atoms with E-state index in [4.69, 9.17) is 5.11 Å². The third-order valence-corrected chi connectivity index (χ3v) is 2.56. The molecular weight excluding hydrogens is 279 g/mol. The predicted octanol–water partition coefficient (Wildman–Crippen LogP) is 2.04. The van der Waals surface area contributed by atoms with Gasteiger partial charge in [0.15, 0.2) is 0 Å². The molecule has 0 spiro atoms. The minimum Gasteiger partial charge on any atom is -0.493 e. The van der Waals surface area contributed by atoms with Gasteiger partial charge in [-0.3, -0.25) is 4.79 Å². The van der Waals surface area contributed by atoms with Crippen LogP contribution in [-0.2, 0) is 0 Å². The molecular formula is C10H6BrFN2O2. The first kappa shape index (κ1) is 10.8. The summed E-state index contributed by atoms with van der Waals surface area (Å²) in [6.07, 6.45) is 0. The second-order valence-electron chi connectivity index (χ2n) is 3.08. The Morgan fingerprint density at radius 1 is 1.38 bits per heavy atom. The zero-order valence-corrected chi connectivity index (χ0v) is 9.45. The zero-order chi connectivity index (χ0) is 11.7. The topological polar surface area (TPSA) is 66.0 Å². The molecule has 1 aromatic carbocycles. The average molecular weight is 285 g/mol. The van der Waals surface area contributed by atoms with Gasteiger partial charge < -0.3 is 10.1 Å². The minimum absolute atomic E-state index is 0.122. The third kappa shape index (κ3) is 2.11. The highest BCUT2D eigenvalue weighted by molar-refractivity contribution is 9.10. The SMILES string of the molecule is O=c1cc(O)nc(-c2ccc(Br)c(F)c2)[nH]1. The Morgan fingerprint density at radius 2 is 2.12 bits per heavy atom. The molecule has 0 amide bonds. The molecule has 0 unspecified atom stereocenters. The normalized spacial score (nSPS) is 10.4. The van der Waals surface area contributed by atoms with Crippen LogP contribution in [-0.4, -0.2) is 15.1 Å². The van der Waals surface area contributed by atoms with Crippen LogP contribution in [0.5, 0.6) is 5.88 Å². The lowest BCUT2D eigenvalue weighted by atomic mass is 10.2. The molecule has 6 heteroatoms. The van der Waals surface area contributed by atoms with Crippen LogP contribution >= 0.6 is 15.9 Å². The molecule has 0 aliphatic heterocycles. The van der Waals surface area contributed by atoms with Gasteiger partial charge in [-0.05, 0) is 34.1 Å². The fraction of sp³-hybridized carbons (Fsp3) is 0. The van der Waals surface area contributed by atoms with Crippen molar-refractivity contribution in [3.63, 3.8) is 0 Å². The Morgan fingerprint density at radius 3 is 2.75 bits per heavy atom. The van der Waals surface area contributed by atoms with Gasteiger partial charge in [0.05, 0.1) is 10.5 Å². The number of halogens is 2. The fourth-order valence-corrected chi connectivity index (χ4v) is 1.47. The number of hydrogen-bond acceptors (Lipinski definition) is 3. The van der Waals surface area contributed by atoms with Gasteiger partial charge in [-0.15, -0.1) is 0 Å². The summed E-state index contributed by atoms with van der Waals surface area (Å²) in [5.74, 6) is -0.748. The number of nitrogens with one attached hydrogen (secondary N) is 1. The Kier molecular flexibility index (Phi) is 2.74. The summed E-state index contributed by atoms with van der Waals surface area (Å²) in [6.45, 7) is 0. The monoisotopic (exact) mass is 284 g/mol. The summed E-state index contributed by atoms with van der Waals surface area (Å²) in [5, 5.41) is 9.14. The Balaban J connectivity index is 2.58. The number of hydrogen-bond donors (Lipinski definition) is 2. The first-order valence-corrected chi connectivity index (χ1v) is 5.11. The van der Waals surface area contributed by atoms with Crippen molar-refractivity contribution < 1.29 is 9.50 Å². The number of benzene rings is 1. The number of nitrogens with zero attached hydrogens (tertiary/aromatic N) is 1. The van der Waals surface area contributed by atoms with Gasteiger partial charge in [-0.1, -0.05) is 0 Å². The van der Waals surface area contributed by atoms with Crippen LogP contribution in [0, 0.1) is 5.82 Å². The average Bonchev–Trinajstić information content (AvgIpc) is 2.20. The molecule has 1 heterocycles. The van der Waals surface area contributed by atoms with Gasteiger partial charge in [-0.2, -0.15) is 4.98 Å². The van der Waals surface area contributed by atoms with E-state index in [1.54, 1.807) is 6.07 Å². The van der Waals surface area contributed by atoms with Crippen molar-refractivity contribution in [1.82, 2.24) is 9.97 Å². The fourth-order valence-electron chi connectivity index (χ4n) is 1.22. The summed E-state index contributed by atoms with van der Waals surface area (Å²) in [7, 11) is 0. The molecule has 0 fully saturated rings. The zero-order valence-electron chi connectivity index (χ0n) is 7.87. The number of aromatic nitrogens is 2. The van der Waals surface area contributed by atoms with E-state index in [2.05, 4.69) is 25.9 Å². The molecule has 0 saturated heterocycles. The second-order valence-corrected chi connectivity index (χ2v) is 3.94. The molecule has 4 nitrogen and oxygen atoms in total. The van der Waals surface area contributed by atoms with Gasteiger partial charge in [0.2, 0.25) is 5.88 Å². The highest BCUT2D eigenvalue weighted by atomic mass is 79.9. The summed E-state index contributed by atoms with van der Waals surface area (Å²) >= 11 is 3.01. The second kappa shape index (κ2) is 4.05. The highest BCUT2D eigenvalue weighted by Gasteiger charge is 2.06. The summed E-state index contributed by atoms with van der Waals surface area (Å²) in [6, 6.07) is 5.22. The van der Waals surface area contributed by atoms with Crippen LogP contribution in [0.25, 0.3) is 11.4 Å². The molecule has 2 rings (SSSR count). The maximum Gasteiger partial charge on any atom is 0.254 e. The summed E-state index contributed by atoms with van der Waals surface area (Å²) in [5.41, 5.74) is -0.112. The lowest BCUT2D eigenvalue weighted by Crippen LogP contribution is -2.06. The van der Waals surface area contributed by atoms with Gasteiger partial charge in [0.1, 0.15) is 11.6 Å². The maximum absolute atomic E-state index is 13.2. The largest absolute Gasteiger partial charge is 0.493 e. The number of aromatic amines is 1. The lowest BCUT2D eigenvalue weighted by Gasteiger charge is -2.02. The van der Waals surface area contributed by atoms with Gasteiger partial charge >= 0.3 is 0 Å². The molecule has 1 aromatic heterocycles. The number of rotatable bonds is 1. The quantitative estimate of drug-likeness (QED) is 0.842. The Hall–Kier alpha value is -1.69. The van der Waals surface area contributed by atoms with Crippen LogP contribution in [0.15, 0.2) is 33.5 Å². The van der Waals surface area contributed by atoms with E-state index < -0.39 is 17.3 Å². The first-order chi connectivity index (χ1) is 7.56. The van der Waals surface area contributed by atoms with Crippen LogP contribution < -0.4 is 5.56 Å². The van der Waals surface area contributed by atoms with Crippen molar-refractivity contribution in [3.05, 3.63) is 44.9 Å². The molecule has 16 heavy (non-hydrogen) atoms. The summed E-state index contributed by atoms with van der Waals surface area (Å²) < 4.78 is 13.6. The van der Waals surface area contributed by atoms with Crippen molar-refractivity contribution in [1.29, 1.82) is 0 Å². The highest BCUT2D eigenvalue weighted by Crippen LogP contribution is 2.22. The van der Waals surface area contributed by atoms with Crippen LogP contribution in [0.3, 0.4) is 0 Å². The molecule has 0 aliphatic carbocycles. The van der Waals surface area contributed by atoms with E-state index in [1.807, 2.05) is 0 Å². The third-order valence-electron chi connectivity index (χ3n) is 1.92. The van der Waals surface area contributed by atoms with Crippen LogP contribution in [0.1, 0.15) is 0 Å². The van der Waals surface area contributed by atoms with Crippen molar-refractivity contribution in [2.24, 2.45) is 0 Å². The molecule has 0 aliphatic rings. The lowest BCUT2D eigenvalue weighted by molar-refractivity contribution is 0.452. The van der Waals surface area contributed by atoms with Crippen LogP contribution in [0.4, 0.5) is 4.39 Å². The van der Waals surface area contributed by atoms with E-state index in [0.29, 0.717) is 10.0 Å². The van der Waals surface area contributed by atoms with Crippen molar-refractivity contribution >= 4 is 15.9 Å². The van der Waals surface area contributed by atoms with E-state index >= 15 is 0 Å². The maximum atomic E-state index is 13.2. The molecule has 0 bridgehead atoms. The smallest absolute Gasteiger partial charge is 0.254 e. The van der Waals surface area contributed by atoms with E-state index in [9.17, 15) is 9.18 Å². The molecule has 82 valence electrons. The van der Waals surface area contributed by atoms with Gasteiger partial charge in [0, 0.05) is 5.56 Å². The first-order valence-electron chi connectivity index (χ1n) is 4.32. The molecule has 0 saturated carbocycles. The molecule has 0 radical (unpaired) electrons. The number of aromatic hydroxyl groups is 1. The van der Waals surface area contributed by atoms with Crippen LogP contribution in [0.2, 0.25) is 0 Å². The molecule has 2 aromatic rings. The Labute approximate surface area is 97.9 Å². The molecule has 0 atom stereocenters. The van der Waals surface area contributed by atoms with E-state index in [-0.39, 0.29) is 5.82 Å². The number of H-pyrrole nitrogens is 1. The van der Waals surface area contributed by atoms with Gasteiger partial charge in [0.25, 0.3) is 5.56 Å². The molecule has 2 N–H and O–H groups in total. The van der Waals surface area contributed by atoms with Gasteiger partial charge in [-0.25, -0.2) is 4.39 Å². The standard InChI is InChI=1S/C10H6BrFN2O2/c11-6-2-1-5(3-7(6)12)10-13-8(15)4-9(16)14-10/h1-4H,(H2,13,14,15,16). The van der Waals surface area contributed by atoms with Crippen molar-refractivity contribution in [2.75, 3.05) is 0 Å². The summed E-state index contributed by atoms with van der Waals surface area (Å²) in [4.78, 5) is 17.2. The van der Waals surface area contributed by atoms with Crippen molar-refractivity contribution in [2.45, 2.75) is 0 Å². The van der Waals surface area contributed by atoms with E-state index in [0.717, 1.165) is 6.07 Å². The van der Waals surface area contributed by atoms with E-state index in [1.165, 1.54) is 12.1 Å². The van der Waals surface area contributed by atoms with Crippen molar-refractivity contribution in [3.8, 4) is 17.3 Å². The minimum atomic E-state index is -0.495. The predicted molar refractivity (Wildman–Crippen MR) is 59.6 cm³/mol.